The molecule has 1 saturated heterocycles. The summed E-state index contributed by atoms with van der Waals surface area (Å²) < 4.78 is 73.9. The van der Waals surface area contributed by atoms with Crippen LogP contribution in [0, 0.1) is 17.5 Å². The van der Waals surface area contributed by atoms with Gasteiger partial charge in [-0.15, -0.1) is 0 Å². The Morgan fingerprint density at radius 2 is 1.91 bits per heavy atom. The second kappa shape index (κ2) is 9.81. The molecule has 0 spiro atoms. The van der Waals surface area contributed by atoms with Gasteiger partial charge < -0.3 is 4.74 Å². The Bertz CT molecular complexity index is 1200. The van der Waals surface area contributed by atoms with Crippen molar-refractivity contribution in [3.05, 3.63) is 59.4 Å². The SMILES string of the molecule is CCS(=N)(=O)N[C@@H]1[C@H](Cc2cccc(-c3cccc(C)c3)c2F)N(C(=O)OC(C)(C)C)CC1(F)F. The van der Waals surface area contributed by atoms with Crippen molar-refractivity contribution >= 4 is 16.0 Å². The van der Waals surface area contributed by atoms with Gasteiger partial charge in [-0.05, 0) is 45.2 Å². The molecule has 1 aliphatic rings. The van der Waals surface area contributed by atoms with Gasteiger partial charge in [0, 0.05) is 11.3 Å². The number of hydrogen-bond donors (Lipinski definition) is 2. The zero-order valence-electron chi connectivity index (χ0n) is 20.5. The number of aryl methyl sites for hydroxylation is 1. The molecule has 1 amide bonds. The molecule has 35 heavy (non-hydrogen) atoms. The van der Waals surface area contributed by atoms with Crippen molar-refractivity contribution in [2.24, 2.45) is 0 Å². The smallest absolute Gasteiger partial charge is 0.410 e. The lowest BCUT2D eigenvalue weighted by Crippen LogP contribution is -2.52. The van der Waals surface area contributed by atoms with Gasteiger partial charge in [-0.1, -0.05) is 55.0 Å². The van der Waals surface area contributed by atoms with Crippen LogP contribution < -0.4 is 4.72 Å². The number of nitrogens with one attached hydrogen (secondary N) is 2. The average Bonchev–Trinajstić information content (AvgIpc) is 2.98. The second-order valence-corrected chi connectivity index (χ2v) is 12.0. The lowest BCUT2D eigenvalue weighted by molar-refractivity contribution is -0.0121. The molecule has 1 fully saturated rings. The summed E-state index contributed by atoms with van der Waals surface area (Å²) in [4.78, 5) is 13.7. The number of nitrogens with zero attached hydrogens (tertiary/aromatic N) is 1. The molecule has 0 aromatic heterocycles. The van der Waals surface area contributed by atoms with Crippen LogP contribution in [0.15, 0.2) is 42.5 Å². The third kappa shape index (κ3) is 6.35. The topological polar surface area (TPSA) is 82.5 Å². The van der Waals surface area contributed by atoms with Gasteiger partial charge in [-0.25, -0.2) is 31.7 Å². The summed E-state index contributed by atoms with van der Waals surface area (Å²) in [5, 5.41) is 0. The lowest BCUT2D eigenvalue weighted by Gasteiger charge is -2.31. The maximum Gasteiger partial charge on any atom is 0.410 e. The Morgan fingerprint density at radius 1 is 1.26 bits per heavy atom. The van der Waals surface area contributed by atoms with Gasteiger partial charge in [0.15, 0.2) is 0 Å². The van der Waals surface area contributed by atoms with E-state index in [0.717, 1.165) is 10.5 Å². The van der Waals surface area contributed by atoms with Gasteiger partial charge in [0.05, 0.1) is 12.6 Å². The quantitative estimate of drug-likeness (QED) is 0.534. The van der Waals surface area contributed by atoms with E-state index in [1.165, 1.54) is 13.0 Å². The Labute approximate surface area is 205 Å². The van der Waals surface area contributed by atoms with Crippen LogP contribution in [0.5, 0.6) is 0 Å². The molecule has 0 bridgehead atoms. The molecular weight excluding hydrogens is 479 g/mol. The molecule has 1 heterocycles. The van der Waals surface area contributed by atoms with E-state index in [0.29, 0.717) is 11.1 Å². The Hall–Kier alpha value is -2.59. The molecule has 192 valence electrons. The predicted molar refractivity (Wildman–Crippen MR) is 130 cm³/mol. The molecule has 1 aliphatic heterocycles. The van der Waals surface area contributed by atoms with Crippen molar-refractivity contribution in [1.82, 2.24) is 9.62 Å². The minimum absolute atomic E-state index is 0.125. The zero-order chi connectivity index (χ0) is 26.2. The number of benzene rings is 2. The minimum atomic E-state index is -3.55. The summed E-state index contributed by atoms with van der Waals surface area (Å²) in [5.41, 5.74) is 1.07. The third-order valence-corrected chi connectivity index (χ3v) is 7.26. The van der Waals surface area contributed by atoms with Crippen molar-refractivity contribution in [3.8, 4) is 11.1 Å². The summed E-state index contributed by atoms with van der Waals surface area (Å²) in [5.74, 6) is -4.29. The first kappa shape index (κ1) is 27.0. The highest BCUT2D eigenvalue weighted by molar-refractivity contribution is 7.90. The number of rotatable bonds is 6. The molecule has 0 aliphatic carbocycles. The van der Waals surface area contributed by atoms with E-state index in [-0.39, 0.29) is 17.7 Å². The largest absolute Gasteiger partial charge is 0.444 e. The summed E-state index contributed by atoms with van der Waals surface area (Å²) in [6.45, 7) is 7.17. The van der Waals surface area contributed by atoms with E-state index >= 15 is 13.2 Å². The Morgan fingerprint density at radius 3 is 2.51 bits per heavy atom. The monoisotopic (exact) mass is 511 g/mol. The molecule has 10 heteroatoms. The Kier molecular flexibility index (Phi) is 7.57. The maximum absolute atomic E-state index is 15.6. The Balaban J connectivity index is 2.04. The van der Waals surface area contributed by atoms with E-state index in [2.05, 4.69) is 4.72 Å². The van der Waals surface area contributed by atoms with Crippen LogP contribution in [0.3, 0.4) is 0 Å². The normalized spacial score (nSPS) is 21.5. The number of halogens is 3. The molecule has 1 unspecified atom stereocenters. The van der Waals surface area contributed by atoms with Gasteiger partial charge in [0.25, 0.3) is 5.92 Å². The van der Waals surface area contributed by atoms with Gasteiger partial charge >= 0.3 is 6.09 Å². The van der Waals surface area contributed by atoms with Gasteiger partial charge in [-0.3, -0.25) is 4.90 Å². The fourth-order valence-electron chi connectivity index (χ4n) is 4.10. The molecule has 0 saturated carbocycles. The molecule has 2 aromatic rings. The first-order chi connectivity index (χ1) is 16.1. The molecule has 3 rings (SSSR count). The molecule has 0 radical (unpaired) electrons. The van der Waals surface area contributed by atoms with Crippen molar-refractivity contribution < 1.29 is 26.9 Å². The summed E-state index contributed by atoms with van der Waals surface area (Å²) in [7, 11) is -3.55. The highest BCUT2D eigenvalue weighted by Gasteiger charge is 2.57. The van der Waals surface area contributed by atoms with E-state index in [1.54, 1.807) is 45.0 Å². The number of carbonyl (C=O) groups is 1. The van der Waals surface area contributed by atoms with E-state index in [4.69, 9.17) is 9.52 Å². The van der Waals surface area contributed by atoms with Crippen molar-refractivity contribution in [2.75, 3.05) is 12.3 Å². The first-order valence-corrected chi connectivity index (χ1v) is 13.1. The second-order valence-electron chi connectivity index (χ2n) is 9.85. The molecule has 3 atom stereocenters. The number of amides is 1. The van der Waals surface area contributed by atoms with Crippen LogP contribution in [0.1, 0.15) is 38.8 Å². The molecular formula is C25H32F3N3O3S. The molecule has 2 aromatic carbocycles. The van der Waals surface area contributed by atoms with Crippen LogP contribution in [-0.4, -0.2) is 51.1 Å². The predicted octanol–water partition coefficient (Wildman–Crippen LogP) is 5.54. The van der Waals surface area contributed by atoms with Crippen LogP contribution in [-0.2, 0) is 21.1 Å². The summed E-state index contributed by atoms with van der Waals surface area (Å²) in [6.07, 6.45) is -1.26. The minimum Gasteiger partial charge on any atom is -0.444 e. The zero-order valence-corrected chi connectivity index (χ0v) is 21.3. The highest BCUT2D eigenvalue weighted by atomic mass is 32.2. The van der Waals surface area contributed by atoms with Crippen molar-refractivity contribution in [3.63, 3.8) is 0 Å². The van der Waals surface area contributed by atoms with E-state index in [9.17, 15) is 9.00 Å². The fourth-order valence-corrected chi connectivity index (χ4v) is 5.01. The number of likely N-dealkylation sites (tertiary alicyclic amines) is 1. The van der Waals surface area contributed by atoms with Crippen LogP contribution in [0.4, 0.5) is 18.0 Å². The van der Waals surface area contributed by atoms with Gasteiger partial charge in [-0.2, -0.15) is 0 Å². The number of hydrogen-bond acceptors (Lipinski definition) is 4. The van der Waals surface area contributed by atoms with Crippen molar-refractivity contribution in [2.45, 2.75) is 64.6 Å². The van der Waals surface area contributed by atoms with Gasteiger partial charge in [0.1, 0.15) is 27.4 Å². The summed E-state index contributed by atoms with van der Waals surface area (Å²) >= 11 is 0. The van der Waals surface area contributed by atoms with E-state index in [1.807, 2.05) is 19.1 Å². The lowest BCUT2D eigenvalue weighted by atomic mass is 9.95. The van der Waals surface area contributed by atoms with Crippen LogP contribution in [0.25, 0.3) is 11.1 Å². The maximum atomic E-state index is 15.6. The molecule has 6 nitrogen and oxygen atoms in total. The standard InChI is InChI=1S/C25H32F3N3O3S/c1-6-35(29,33)30-22-20(31(15-25(22,27)28)23(32)34-24(3,4)5)14-18-11-8-12-19(21(18)26)17-10-7-9-16(2)13-17/h7-13,20,22H,6,14-15H2,1-5H3,(H2,29,30,33)/t20-,22+,35?/m0/s1. The fraction of sp³-hybridized carbons (Fsp3) is 0.480. The van der Waals surface area contributed by atoms with E-state index < -0.39 is 52.0 Å². The van der Waals surface area contributed by atoms with Gasteiger partial charge in [0.2, 0.25) is 0 Å². The highest BCUT2D eigenvalue weighted by Crippen LogP contribution is 2.37. The third-order valence-electron chi connectivity index (χ3n) is 5.81. The number of alkyl halides is 2. The number of ether oxygens (including phenoxy) is 1. The van der Waals surface area contributed by atoms with Crippen molar-refractivity contribution in [1.29, 1.82) is 4.78 Å². The van der Waals surface area contributed by atoms with Crippen LogP contribution >= 0.6 is 0 Å². The van der Waals surface area contributed by atoms with Crippen LogP contribution in [0.2, 0.25) is 0 Å². The first-order valence-electron chi connectivity index (χ1n) is 11.4. The average molecular weight is 512 g/mol. The number of carbonyl (C=O) groups excluding carboxylic acids is 1. The molecule has 2 N–H and O–H groups in total. The summed E-state index contributed by atoms with van der Waals surface area (Å²) in [6, 6.07) is 8.86.